The number of benzene rings is 1. The fourth-order valence-electron chi connectivity index (χ4n) is 3.41. The van der Waals surface area contributed by atoms with Gasteiger partial charge in [0.1, 0.15) is 5.82 Å². The number of anilines is 2. The zero-order valence-electron chi connectivity index (χ0n) is 15.4. The number of ether oxygens (including phenoxy) is 1. The minimum atomic E-state index is -3.63. The molecule has 4 rings (SSSR count). The molecule has 0 atom stereocenters. The lowest BCUT2D eigenvalue weighted by molar-refractivity contribution is 0.122. The van der Waals surface area contributed by atoms with Crippen LogP contribution in [0.5, 0.6) is 0 Å². The van der Waals surface area contributed by atoms with Crippen LogP contribution in [0.25, 0.3) is 0 Å². The molecule has 10 heteroatoms. The average Bonchev–Trinajstić information content (AvgIpc) is 2.75. The van der Waals surface area contributed by atoms with Crippen molar-refractivity contribution in [1.82, 2.24) is 14.5 Å². The second-order valence-corrected chi connectivity index (χ2v) is 8.65. The molecule has 0 unspecified atom stereocenters. The summed E-state index contributed by atoms with van der Waals surface area (Å²) in [4.78, 5) is 4.35. The zero-order chi connectivity index (χ0) is 19.6. The van der Waals surface area contributed by atoms with Crippen molar-refractivity contribution >= 4 is 21.5 Å². The molecule has 0 radical (unpaired) electrons. The Morgan fingerprint density at radius 3 is 2.29 bits per heavy atom. The number of sulfonamides is 1. The van der Waals surface area contributed by atoms with Gasteiger partial charge in [-0.3, -0.25) is 0 Å². The lowest BCUT2D eigenvalue weighted by Crippen LogP contribution is -2.49. The number of aromatic nitrogens is 2. The third-order valence-corrected chi connectivity index (χ3v) is 6.93. The molecule has 0 N–H and O–H groups in total. The summed E-state index contributed by atoms with van der Waals surface area (Å²) in [6, 6.07) is 6.91. The molecule has 0 aliphatic carbocycles. The van der Waals surface area contributed by atoms with E-state index in [2.05, 4.69) is 15.1 Å². The van der Waals surface area contributed by atoms with E-state index < -0.39 is 15.8 Å². The quantitative estimate of drug-likeness (QED) is 0.747. The lowest BCUT2D eigenvalue weighted by atomic mass is 10.3. The summed E-state index contributed by atoms with van der Waals surface area (Å²) in [5.41, 5.74) is 0.995. The van der Waals surface area contributed by atoms with Gasteiger partial charge in [-0.15, -0.1) is 5.10 Å². The van der Waals surface area contributed by atoms with Crippen LogP contribution in [0.15, 0.2) is 41.4 Å². The zero-order valence-corrected chi connectivity index (χ0v) is 16.2. The molecular formula is C18H22FN5O3S. The van der Waals surface area contributed by atoms with E-state index in [1.807, 2.05) is 11.0 Å². The number of rotatable bonds is 4. The molecule has 1 aromatic heterocycles. The van der Waals surface area contributed by atoms with Crippen LogP contribution in [0.1, 0.15) is 0 Å². The highest BCUT2D eigenvalue weighted by Gasteiger charge is 2.29. The van der Waals surface area contributed by atoms with Crippen LogP contribution in [0.2, 0.25) is 0 Å². The van der Waals surface area contributed by atoms with Gasteiger partial charge >= 0.3 is 0 Å². The molecule has 1 aromatic carbocycles. The molecule has 3 heterocycles. The third kappa shape index (κ3) is 3.94. The van der Waals surface area contributed by atoms with Crippen molar-refractivity contribution < 1.29 is 17.5 Å². The maximum absolute atomic E-state index is 13.1. The van der Waals surface area contributed by atoms with Crippen molar-refractivity contribution in [3.8, 4) is 0 Å². The summed E-state index contributed by atoms with van der Waals surface area (Å²) in [6.07, 6.45) is 1.74. The largest absolute Gasteiger partial charge is 0.378 e. The second kappa shape index (κ2) is 7.98. The van der Waals surface area contributed by atoms with Crippen molar-refractivity contribution in [2.24, 2.45) is 0 Å². The predicted molar refractivity (Wildman–Crippen MR) is 102 cm³/mol. The summed E-state index contributed by atoms with van der Waals surface area (Å²) in [5.74, 6) is 0.283. The summed E-state index contributed by atoms with van der Waals surface area (Å²) in [6.45, 7) is 4.72. The van der Waals surface area contributed by atoms with E-state index in [0.717, 1.165) is 36.7 Å². The summed E-state index contributed by atoms with van der Waals surface area (Å²) < 4.78 is 45.4. The summed E-state index contributed by atoms with van der Waals surface area (Å²) >= 11 is 0. The summed E-state index contributed by atoms with van der Waals surface area (Å²) in [5, 5.41) is 8.34. The molecular weight excluding hydrogens is 385 g/mol. The highest BCUT2D eigenvalue weighted by molar-refractivity contribution is 7.89. The van der Waals surface area contributed by atoms with Crippen molar-refractivity contribution in [3.63, 3.8) is 0 Å². The van der Waals surface area contributed by atoms with Crippen LogP contribution >= 0.6 is 0 Å². The molecule has 2 aromatic rings. The summed E-state index contributed by atoms with van der Waals surface area (Å²) in [7, 11) is -3.63. The van der Waals surface area contributed by atoms with Crippen LogP contribution in [-0.2, 0) is 14.8 Å². The molecule has 28 heavy (non-hydrogen) atoms. The van der Waals surface area contributed by atoms with E-state index in [9.17, 15) is 12.8 Å². The van der Waals surface area contributed by atoms with E-state index in [4.69, 9.17) is 4.74 Å². The van der Waals surface area contributed by atoms with E-state index in [0.29, 0.717) is 39.4 Å². The number of piperazine rings is 1. The average molecular weight is 407 g/mol. The highest BCUT2D eigenvalue weighted by Crippen LogP contribution is 2.23. The second-order valence-electron chi connectivity index (χ2n) is 6.72. The van der Waals surface area contributed by atoms with Gasteiger partial charge in [-0.25, -0.2) is 12.8 Å². The van der Waals surface area contributed by atoms with Gasteiger partial charge in [-0.2, -0.15) is 9.40 Å². The Balaban J connectivity index is 1.43. The Hall–Kier alpha value is -2.30. The number of morpholine rings is 1. The number of nitrogens with zero attached hydrogens (tertiary/aromatic N) is 5. The number of hydrogen-bond donors (Lipinski definition) is 0. The fraction of sp³-hybridized carbons (Fsp3) is 0.444. The first-order valence-corrected chi connectivity index (χ1v) is 10.6. The van der Waals surface area contributed by atoms with Crippen molar-refractivity contribution in [3.05, 3.63) is 42.3 Å². The molecule has 8 nitrogen and oxygen atoms in total. The van der Waals surface area contributed by atoms with E-state index in [1.165, 1.54) is 16.4 Å². The van der Waals surface area contributed by atoms with Gasteiger partial charge in [0.25, 0.3) is 0 Å². The minimum Gasteiger partial charge on any atom is -0.378 e. The van der Waals surface area contributed by atoms with Crippen molar-refractivity contribution in [1.29, 1.82) is 0 Å². The standard InChI is InChI=1S/C18H22FN5O3S/c19-15-1-3-17(4-2-15)28(25,26)24-7-5-23(6-8-24)18-13-16(14-20-21-18)22-9-11-27-12-10-22/h1-4,13-14H,5-12H2. The smallest absolute Gasteiger partial charge is 0.243 e. The van der Waals surface area contributed by atoms with Gasteiger partial charge < -0.3 is 14.5 Å². The van der Waals surface area contributed by atoms with Crippen LogP contribution in [0.4, 0.5) is 15.9 Å². The van der Waals surface area contributed by atoms with Crippen LogP contribution < -0.4 is 9.80 Å². The van der Waals surface area contributed by atoms with Gasteiger partial charge in [0, 0.05) is 45.3 Å². The van der Waals surface area contributed by atoms with Crippen molar-refractivity contribution in [2.75, 3.05) is 62.3 Å². The Morgan fingerprint density at radius 2 is 1.61 bits per heavy atom. The first kappa shape index (κ1) is 19.0. The fourth-order valence-corrected chi connectivity index (χ4v) is 4.83. The maximum atomic E-state index is 13.1. The molecule has 0 bridgehead atoms. The first-order chi connectivity index (χ1) is 13.5. The Bertz CT molecular complexity index is 911. The molecule has 0 amide bonds. The highest BCUT2D eigenvalue weighted by atomic mass is 32.2. The van der Waals surface area contributed by atoms with Crippen LogP contribution in [0, 0.1) is 5.82 Å². The van der Waals surface area contributed by atoms with Crippen LogP contribution in [0.3, 0.4) is 0 Å². The van der Waals surface area contributed by atoms with E-state index in [1.54, 1.807) is 6.20 Å². The lowest BCUT2D eigenvalue weighted by Gasteiger charge is -2.35. The minimum absolute atomic E-state index is 0.108. The Kier molecular flexibility index (Phi) is 5.42. The molecule has 2 fully saturated rings. The van der Waals surface area contributed by atoms with E-state index >= 15 is 0 Å². The number of halogens is 1. The Morgan fingerprint density at radius 1 is 0.929 bits per heavy atom. The predicted octanol–water partition coefficient (Wildman–Crippen LogP) is 0.963. The van der Waals surface area contributed by atoms with Gasteiger partial charge in [0.2, 0.25) is 10.0 Å². The molecule has 0 saturated carbocycles. The number of hydrogen-bond acceptors (Lipinski definition) is 7. The maximum Gasteiger partial charge on any atom is 0.243 e. The monoisotopic (exact) mass is 407 g/mol. The normalized spacial score (nSPS) is 19.0. The topological polar surface area (TPSA) is 78.9 Å². The molecule has 0 spiro atoms. The third-order valence-electron chi connectivity index (χ3n) is 5.02. The Labute approximate surface area is 163 Å². The molecule has 150 valence electrons. The van der Waals surface area contributed by atoms with Gasteiger partial charge in [0.15, 0.2) is 5.82 Å². The van der Waals surface area contributed by atoms with Gasteiger partial charge in [-0.1, -0.05) is 0 Å². The SMILES string of the molecule is O=S(=O)(c1ccc(F)cc1)N1CCN(c2cc(N3CCOCC3)cnn2)CC1. The molecule has 2 saturated heterocycles. The van der Waals surface area contributed by atoms with Gasteiger partial charge in [-0.05, 0) is 24.3 Å². The van der Waals surface area contributed by atoms with Crippen LogP contribution in [-0.4, -0.2) is 75.4 Å². The first-order valence-electron chi connectivity index (χ1n) is 9.20. The van der Waals surface area contributed by atoms with Gasteiger partial charge in [0.05, 0.1) is 30.0 Å². The van der Waals surface area contributed by atoms with E-state index in [-0.39, 0.29) is 4.90 Å². The molecule has 2 aliphatic rings. The molecule has 2 aliphatic heterocycles. The van der Waals surface area contributed by atoms with Crippen molar-refractivity contribution in [2.45, 2.75) is 4.90 Å².